The monoisotopic (exact) mass is 247 g/mol. The number of aromatic nitrogens is 1. The zero-order chi connectivity index (χ0) is 13.0. The van der Waals surface area contributed by atoms with Crippen molar-refractivity contribution in [1.82, 2.24) is 10.3 Å². The highest BCUT2D eigenvalue weighted by Gasteiger charge is 2.25. The smallest absolute Gasteiger partial charge is 0.128 e. The van der Waals surface area contributed by atoms with Gasteiger partial charge >= 0.3 is 0 Å². The Morgan fingerprint density at radius 1 is 1.39 bits per heavy atom. The van der Waals surface area contributed by atoms with Crippen LogP contribution in [0.15, 0.2) is 18.3 Å². The summed E-state index contributed by atoms with van der Waals surface area (Å²) in [4.78, 5) is 7.10. The van der Waals surface area contributed by atoms with E-state index < -0.39 is 0 Å². The highest BCUT2D eigenvalue weighted by molar-refractivity contribution is 5.41. The lowest BCUT2D eigenvalue weighted by molar-refractivity contribution is 0.357. The molecule has 0 bridgehead atoms. The van der Waals surface area contributed by atoms with Crippen molar-refractivity contribution >= 4 is 5.82 Å². The van der Waals surface area contributed by atoms with E-state index in [2.05, 4.69) is 41.2 Å². The third-order valence-electron chi connectivity index (χ3n) is 4.04. The molecule has 1 aliphatic rings. The molecule has 2 rings (SSSR count). The lowest BCUT2D eigenvalue weighted by Gasteiger charge is -2.38. The number of hydrogen-bond donors (Lipinski definition) is 1. The van der Waals surface area contributed by atoms with Gasteiger partial charge in [-0.15, -0.1) is 0 Å². The fourth-order valence-corrected chi connectivity index (χ4v) is 2.73. The van der Waals surface area contributed by atoms with E-state index in [1.807, 2.05) is 13.2 Å². The standard InChI is InChI=1S/C15H25N3/c1-4-13-6-5-12(2)18(11-13)15-8-7-14(9-16-3)10-17-15/h7-8,10,12-13,16H,4-6,9,11H2,1-3H3. The average Bonchev–Trinajstić information content (AvgIpc) is 2.41. The van der Waals surface area contributed by atoms with Gasteiger partial charge < -0.3 is 10.2 Å². The van der Waals surface area contributed by atoms with Crippen LogP contribution < -0.4 is 10.2 Å². The first-order chi connectivity index (χ1) is 8.74. The highest BCUT2D eigenvalue weighted by Crippen LogP contribution is 2.27. The molecular weight excluding hydrogens is 222 g/mol. The third-order valence-corrected chi connectivity index (χ3v) is 4.04. The number of nitrogens with zero attached hydrogens (tertiary/aromatic N) is 2. The van der Waals surface area contributed by atoms with Crippen molar-refractivity contribution in [3.8, 4) is 0 Å². The van der Waals surface area contributed by atoms with Crippen molar-refractivity contribution < 1.29 is 0 Å². The lowest BCUT2D eigenvalue weighted by Crippen LogP contribution is -2.42. The minimum absolute atomic E-state index is 0.621. The zero-order valence-corrected chi connectivity index (χ0v) is 11.8. The van der Waals surface area contributed by atoms with Crippen molar-refractivity contribution in [2.75, 3.05) is 18.5 Å². The van der Waals surface area contributed by atoms with Crippen LogP contribution in [-0.4, -0.2) is 24.6 Å². The molecule has 3 nitrogen and oxygen atoms in total. The molecule has 0 radical (unpaired) electrons. The number of anilines is 1. The Morgan fingerprint density at radius 3 is 2.83 bits per heavy atom. The van der Waals surface area contributed by atoms with Crippen LogP contribution in [0.5, 0.6) is 0 Å². The van der Waals surface area contributed by atoms with Gasteiger partial charge in [0.25, 0.3) is 0 Å². The Hall–Kier alpha value is -1.09. The second-order valence-electron chi connectivity index (χ2n) is 5.41. The molecule has 0 amide bonds. The molecule has 1 aliphatic heterocycles. The summed E-state index contributed by atoms with van der Waals surface area (Å²) < 4.78 is 0. The highest BCUT2D eigenvalue weighted by atomic mass is 15.2. The van der Waals surface area contributed by atoms with Gasteiger partial charge in [-0.1, -0.05) is 19.4 Å². The first kappa shape index (κ1) is 13.3. The normalized spacial score (nSPS) is 24.3. The zero-order valence-electron chi connectivity index (χ0n) is 11.8. The maximum absolute atomic E-state index is 4.63. The summed E-state index contributed by atoms with van der Waals surface area (Å²) in [7, 11) is 1.96. The summed E-state index contributed by atoms with van der Waals surface area (Å²) in [6, 6.07) is 4.97. The van der Waals surface area contributed by atoms with Gasteiger partial charge in [0.2, 0.25) is 0 Å². The second kappa shape index (κ2) is 6.19. The SMILES string of the molecule is CCC1CCC(C)N(c2ccc(CNC)cn2)C1. The van der Waals surface area contributed by atoms with Gasteiger partial charge in [-0.25, -0.2) is 4.98 Å². The van der Waals surface area contributed by atoms with Crippen LogP contribution >= 0.6 is 0 Å². The predicted molar refractivity (Wildman–Crippen MR) is 76.8 cm³/mol. The largest absolute Gasteiger partial charge is 0.354 e. The molecule has 0 aromatic carbocycles. The topological polar surface area (TPSA) is 28.2 Å². The van der Waals surface area contributed by atoms with Crippen LogP contribution in [-0.2, 0) is 6.54 Å². The van der Waals surface area contributed by atoms with Crippen LogP contribution in [0.1, 0.15) is 38.7 Å². The van der Waals surface area contributed by atoms with Crippen molar-refractivity contribution in [3.63, 3.8) is 0 Å². The van der Waals surface area contributed by atoms with Crippen LogP contribution in [0.4, 0.5) is 5.82 Å². The number of pyridine rings is 1. The molecule has 18 heavy (non-hydrogen) atoms. The molecule has 2 unspecified atom stereocenters. The van der Waals surface area contributed by atoms with Crippen molar-refractivity contribution in [2.45, 2.75) is 45.7 Å². The van der Waals surface area contributed by atoms with Gasteiger partial charge in [0.15, 0.2) is 0 Å². The summed E-state index contributed by atoms with van der Waals surface area (Å²) in [5, 5.41) is 3.15. The van der Waals surface area contributed by atoms with Crippen molar-refractivity contribution in [1.29, 1.82) is 0 Å². The van der Waals surface area contributed by atoms with Crippen LogP contribution in [0.2, 0.25) is 0 Å². The molecule has 100 valence electrons. The summed E-state index contributed by atoms with van der Waals surface area (Å²) in [6.07, 6.45) is 5.93. The van der Waals surface area contributed by atoms with Gasteiger partial charge in [-0.05, 0) is 44.4 Å². The van der Waals surface area contributed by atoms with Gasteiger partial charge in [0, 0.05) is 25.3 Å². The van der Waals surface area contributed by atoms with Gasteiger partial charge in [0.1, 0.15) is 5.82 Å². The van der Waals surface area contributed by atoms with E-state index in [0.29, 0.717) is 6.04 Å². The van der Waals surface area contributed by atoms with Gasteiger partial charge in [-0.3, -0.25) is 0 Å². The quantitative estimate of drug-likeness (QED) is 0.887. The van der Waals surface area contributed by atoms with E-state index >= 15 is 0 Å². The van der Waals surface area contributed by atoms with E-state index in [4.69, 9.17) is 0 Å². The van der Waals surface area contributed by atoms with E-state index in [0.717, 1.165) is 24.8 Å². The summed E-state index contributed by atoms with van der Waals surface area (Å²) in [5.74, 6) is 1.97. The maximum Gasteiger partial charge on any atom is 0.128 e. The van der Waals surface area contributed by atoms with Gasteiger partial charge in [-0.2, -0.15) is 0 Å². The molecule has 3 heteroatoms. The lowest BCUT2D eigenvalue weighted by atomic mass is 9.91. The van der Waals surface area contributed by atoms with Crippen LogP contribution in [0, 0.1) is 5.92 Å². The Labute approximate surface area is 111 Å². The number of piperidine rings is 1. The van der Waals surface area contributed by atoms with Crippen molar-refractivity contribution in [3.05, 3.63) is 23.9 Å². The van der Waals surface area contributed by atoms with Crippen LogP contribution in [0.25, 0.3) is 0 Å². The predicted octanol–water partition coefficient (Wildman–Crippen LogP) is 2.82. The van der Waals surface area contributed by atoms with Crippen molar-refractivity contribution in [2.24, 2.45) is 5.92 Å². The molecule has 1 aromatic rings. The van der Waals surface area contributed by atoms with E-state index in [9.17, 15) is 0 Å². The minimum Gasteiger partial charge on any atom is -0.354 e. The number of nitrogens with one attached hydrogen (secondary N) is 1. The Bertz CT molecular complexity index is 361. The summed E-state index contributed by atoms with van der Waals surface area (Å²) in [6.45, 7) is 6.66. The fraction of sp³-hybridized carbons (Fsp3) is 0.667. The number of rotatable bonds is 4. The average molecular weight is 247 g/mol. The fourth-order valence-electron chi connectivity index (χ4n) is 2.73. The Balaban J connectivity index is 2.08. The molecule has 1 N–H and O–H groups in total. The molecule has 2 atom stereocenters. The maximum atomic E-state index is 4.63. The summed E-state index contributed by atoms with van der Waals surface area (Å²) in [5.41, 5.74) is 1.25. The minimum atomic E-state index is 0.621. The molecule has 0 saturated carbocycles. The first-order valence-corrected chi connectivity index (χ1v) is 7.10. The van der Waals surface area contributed by atoms with Gasteiger partial charge in [0.05, 0.1) is 0 Å². The van der Waals surface area contributed by atoms with E-state index in [1.165, 1.54) is 24.8 Å². The molecule has 0 aliphatic carbocycles. The molecular formula is C15H25N3. The Morgan fingerprint density at radius 2 is 2.22 bits per heavy atom. The third kappa shape index (κ3) is 3.02. The first-order valence-electron chi connectivity index (χ1n) is 7.10. The van der Waals surface area contributed by atoms with E-state index in [-0.39, 0.29) is 0 Å². The second-order valence-corrected chi connectivity index (χ2v) is 5.41. The van der Waals surface area contributed by atoms with E-state index in [1.54, 1.807) is 0 Å². The van der Waals surface area contributed by atoms with Crippen LogP contribution in [0.3, 0.4) is 0 Å². The molecule has 1 saturated heterocycles. The molecule has 0 spiro atoms. The molecule has 1 aromatic heterocycles. The Kier molecular flexibility index (Phi) is 4.59. The molecule has 1 fully saturated rings. The summed E-state index contributed by atoms with van der Waals surface area (Å²) >= 11 is 0. The molecule has 2 heterocycles. The number of hydrogen-bond acceptors (Lipinski definition) is 3.